The van der Waals surface area contributed by atoms with E-state index < -0.39 is 6.10 Å². The minimum atomic E-state index is -0.780. The Kier molecular flexibility index (Phi) is 58.3. The summed E-state index contributed by atoms with van der Waals surface area (Å²) < 4.78 is 16.9. The lowest BCUT2D eigenvalue weighted by Gasteiger charge is -2.18. The highest BCUT2D eigenvalue weighted by Crippen LogP contribution is 2.16. The topological polar surface area (TPSA) is 78.9 Å². The van der Waals surface area contributed by atoms with E-state index in [0.717, 1.165) is 103 Å². The van der Waals surface area contributed by atoms with E-state index in [-0.39, 0.29) is 31.1 Å². The van der Waals surface area contributed by atoms with Crippen LogP contribution in [0.4, 0.5) is 0 Å². The summed E-state index contributed by atoms with van der Waals surface area (Å²) in [6, 6.07) is 0. The van der Waals surface area contributed by atoms with Crippen molar-refractivity contribution in [1.82, 2.24) is 0 Å². The number of ether oxygens (including phenoxy) is 3. The average molecular weight is 1020 g/mol. The molecule has 0 saturated carbocycles. The van der Waals surface area contributed by atoms with Crippen LogP contribution < -0.4 is 0 Å². The summed E-state index contributed by atoms with van der Waals surface area (Å²) in [6.07, 6.45) is 80.1. The lowest BCUT2D eigenvalue weighted by Crippen LogP contribution is -2.30. The quantitative estimate of drug-likeness (QED) is 0.0261. The molecule has 0 saturated heterocycles. The van der Waals surface area contributed by atoms with Gasteiger partial charge in [-0.2, -0.15) is 0 Å². The third-order valence-corrected chi connectivity index (χ3v) is 13.4. The maximum absolute atomic E-state index is 12.9. The van der Waals surface area contributed by atoms with Crippen LogP contribution in [-0.4, -0.2) is 37.2 Å². The molecular formula is C67H116O6. The second-order valence-corrected chi connectivity index (χ2v) is 20.6. The van der Waals surface area contributed by atoms with Crippen LogP contribution in [0.3, 0.4) is 0 Å². The largest absolute Gasteiger partial charge is 0.462 e. The van der Waals surface area contributed by atoms with Gasteiger partial charge < -0.3 is 14.2 Å². The molecule has 420 valence electrons. The molecule has 0 aromatic rings. The molecule has 0 aliphatic carbocycles. The Morgan fingerprint density at radius 2 is 0.534 bits per heavy atom. The van der Waals surface area contributed by atoms with Crippen molar-refractivity contribution in [1.29, 1.82) is 0 Å². The van der Waals surface area contributed by atoms with Crippen LogP contribution in [0.5, 0.6) is 0 Å². The van der Waals surface area contributed by atoms with E-state index in [1.807, 2.05) is 0 Å². The van der Waals surface area contributed by atoms with E-state index in [0.29, 0.717) is 19.3 Å². The van der Waals surface area contributed by atoms with Crippen LogP contribution in [0.15, 0.2) is 85.1 Å². The molecule has 0 radical (unpaired) electrons. The van der Waals surface area contributed by atoms with Crippen LogP contribution in [0.25, 0.3) is 0 Å². The van der Waals surface area contributed by atoms with Crippen molar-refractivity contribution in [2.45, 2.75) is 309 Å². The fourth-order valence-electron chi connectivity index (χ4n) is 8.74. The van der Waals surface area contributed by atoms with E-state index in [2.05, 4.69) is 106 Å². The minimum Gasteiger partial charge on any atom is -0.462 e. The summed E-state index contributed by atoms with van der Waals surface area (Å²) in [7, 11) is 0. The number of hydrogen-bond acceptors (Lipinski definition) is 6. The van der Waals surface area contributed by atoms with Crippen molar-refractivity contribution in [2.75, 3.05) is 13.2 Å². The molecule has 0 aliphatic heterocycles. The minimum absolute atomic E-state index is 0.0776. The van der Waals surface area contributed by atoms with Crippen LogP contribution >= 0.6 is 0 Å². The molecule has 0 bridgehead atoms. The number of esters is 3. The molecule has 1 unspecified atom stereocenters. The molecule has 0 fully saturated rings. The van der Waals surface area contributed by atoms with Crippen LogP contribution in [0.1, 0.15) is 303 Å². The number of unbranched alkanes of at least 4 members (excludes halogenated alkanes) is 31. The van der Waals surface area contributed by atoms with E-state index in [1.54, 1.807) is 0 Å². The Bertz CT molecular complexity index is 1400. The number of rotatable bonds is 56. The normalized spacial score (nSPS) is 12.6. The van der Waals surface area contributed by atoms with Gasteiger partial charge in [0.25, 0.3) is 0 Å². The van der Waals surface area contributed by atoms with Gasteiger partial charge in [0.2, 0.25) is 0 Å². The SMILES string of the molecule is CC/C=C\C/C=C\C/C=C\C/C=C\C/C=C\CCCCCCCCCCCCCC(=O)OCC(COC(=O)CCCCCCCCCCCC)OC(=O)CCCCCCCCC/C=C\C/C=C\CCCCCC. The maximum atomic E-state index is 12.9. The highest BCUT2D eigenvalue weighted by atomic mass is 16.6. The number of hydrogen-bond donors (Lipinski definition) is 0. The smallest absolute Gasteiger partial charge is 0.306 e. The van der Waals surface area contributed by atoms with Crippen molar-refractivity contribution < 1.29 is 28.6 Å². The average Bonchev–Trinajstić information content (AvgIpc) is 3.39. The Balaban J connectivity index is 4.24. The molecule has 0 aromatic carbocycles. The summed E-state index contributed by atoms with van der Waals surface area (Å²) in [6.45, 7) is 6.51. The first-order valence-electron chi connectivity index (χ1n) is 31.1. The zero-order chi connectivity index (χ0) is 52.9. The van der Waals surface area contributed by atoms with Crippen molar-refractivity contribution >= 4 is 17.9 Å². The second-order valence-electron chi connectivity index (χ2n) is 20.6. The molecule has 0 spiro atoms. The van der Waals surface area contributed by atoms with Gasteiger partial charge in [-0.3, -0.25) is 14.4 Å². The second kappa shape index (κ2) is 61.1. The Labute approximate surface area is 452 Å². The van der Waals surface area contributed by atoms with E-state index in [9.17, 15) is 14.4 Å². The third kappa shape index (κ3) is 59.3. The van der Waals surface area contributed by atoms with Crippen molar-refractivity contribution in [3.05, 3.63) is 85.1 Å². The van der Waals surface area contributed by atoms with Gasteiger partial charge in [-0.1, -0.05) is 273 Å². The lowest BCUT2D eigenvalue weighted by atomic mass is 10.0. The lowest BCUT2D eigenvalue weighted by molar-refractivity contribution is -0.167. The number of carbonyl (C=O) groups is 3. The molecule has 73 heavy (non-hydrogen) atoms. The van der Waals surface area contributed by atoms with Crippen LogP contribution in [-0.2, 0) is 28.6 Å². The summed E-state index contributed by atoms with van der Waals surface area (Å²) in [5, 5.41) is 0. The fourth-order valence-corrected chi connectivity index (χ4v) is 8.74. The Morgan fingerprint density at radius 3 is 0.849 bits per heavy atom. The molecule has 6 nitrogen and oxygen atoms in total. The third-order valence-electron chi connectivity index (χ3n) is 13.4. The van der Waals surface area contributed by atoms with E-state index in [1.165, 1.54) is 161 Å². The first-order valence-corrected chi connectivity index (χ1v) is 31.1. The van der Waals surface area contributed by atoms with Gasteiger partial charge in [-0.05, 0) is 96.3 Å². The van der Waals surface area contributed by atoms with Crippen LogP contribution in [0.2, 0.25) is 0 Å². The zero-order valence-electron chi connectivity index (χ0n) is 48.1. The summed E-state index contributed by atoms with van der Waals surface area (Å²) in [5.41, 5.74) is 0. The Morgan fingerprint density at radius 1 is 0.288 bits per heavy atom. The molecule has 0 rings (SSSR count). The zero-order valence-corrected chi connectivity index (χ0v) is 48.1. The van der Waals surface area contributed by atoms with E-state index in [4.69, 9.17) is 14.2 Å². The maximum Gasteiger partial charge on any atom is 0.306 e. The summed E-state index contributed by atoms with van der Waals surface area (Å²) in [5.74, 6) is -0.880. The van der Waals surface area contributed by atoms with Crippen molar-refractivity contribution in [2.24, 2.45) is 0 Å². The Hall–Kier alpha value is -3.41. The van der Waals surface area contributed by atoms with E-state index >= 15 is 0 Å². The fraction of sp³-hybridized carbons (Fsp3) is 0.746. The summed E-state index contributed by atoms with van der Waals surface area (Å²) >= 11 is 0. The predicted octanol–water partition coefficient (Wildman–Crippen LogP) is 21.1. The molecule has 6 heteroatoms. The predicted molar refractivity (Wildman–Crippen MR) is 316 cm³/mol. The van der Waals surface area contributed by atoms with Gasteiger partial charge >= 0.3 is 17.9 Å². The van der Waals surface area contributed by atoms with Gasteiger partial charge in [-0.25, -0.2) is 0 Å². The molecular weight excluding hydrogens is 901 g/mol. The molecule has 0 amide bonds. The van der Waals surface area contributed by atoms with Crippen LogP contribution in [0, 0.1) is 0 Å². The van der Waals surface area contributed by atoms with Gasteiger partial charge in [0.15, 0.2) is 6.10 Å². The number of allylic oxidation sites excluding steroid dienone is 14. The molecule has 0 aromatic heterocycles. The van der Waals surface area contributed by atoms with Gasteiger partial charge in [0.1, 0.15) is 13.2 Å². The van der Waals surface area contributed by atoms with Gasteiger partial charge in [-0.15, -0.1) is 0 Å². The van der Waals surface area contributed by atoms with Gasteiger partial charge in [0.05, 0.1) is 0 Å². The van der Waals surface area contributed by atoms with Crippen molar-refractivity contribution in [3.8, 4) is 0 Å². The first kappa shape index (κ1) is 69.6. The van der Waals surface area contributed by atoms with Crippen molar-refractivity contribution in [3.63, 3.8) is 0 Å². The molecule has 1 atom stereocenters. The van der Waals surface area contributed by atoms with Gasteiger partial charge in [0, 0.05) is 19.3 Å². The number of carbonyl (C=O) groups excluding carboxylic acids is 3. The monoisotopic (exact) mass is 1020 g/mol. The first-order chi connectivity index (χ1) is 36.0. The highest BCUT2D eigenvalue weighted by Gasteiger charge is 2.19. The molecule has 0 heterocycles. The summed E-state index contributed by atoms with van der Waals surface area (Å²) in [4.78, 5) is 38.2. The molecule has 0 aliphatic rings. The molecule has 0 N–H and O–H groups in total. The standard InChI is InChI=1S/C67H116O6/c1-4-7-10-13-16-19-22-24-26-28-30-31-32-33-34-35-36-37-38-40-41-43-45-48-51-54-57-60-66(69)72-63-64(62-71-65(68)59-56-53-50-47-21-18-15-12-9-6-3)73-67(70)61-58-55-52-49-46-44-42-39-29-27-25-23-20-17-14-11-8-5-2/h7,10,16,19-20,23-24,26-27,29-31,33-34,64H,4-6,8-9,11-15,17-18,21-22,25,28,32,35-63H2,1-3H3/b10-7-,19-16-,23-20-,26-24-,29-27-,31-30-,34-33-. The highest BCUT2D eigenvalue weighted by molar-refractivity contribution is 5.71.